The number of hydrogen-bond donors (Lipinski definition) is 3. The van der Waals surface area contributed by atoms with Crippen LogP contribution < -0.4 is 10.4 Å². The van der Waals surface area contributed by atoms with Crippen LogP contribution in [0.1, 0.15) is 0 Å². The van der Waals surface area contributed by atoms with Crippen molar-refractivity contribution in [3.05, 3.63) is 57.4 Å². The molecule has 0 saturated carbocycles. The molecule has 0 amide bonds. The Labute approximate surface area is 121 Å². The molecule has 19 heavy (non-hydrogen) atoms. The van der Waals surface area contributed by atoms with Gasteiger partial charge < -0.3 is 14.7 Å². The predicted octanol–water partition coefficient (Wildman–Crippen LogP) is 3.74. The Hall–Kier alpha value is -1.66. The number of anilines is 1. The molecule has 0 spiro atoms. The van der Waals surface area contributed by atoms with E-state index < -0.39 is 0 Å². The first kappa shape index (κ1) is 12.4. The van der Waals surface area contributed by atoms with Crippen molar-refractivity contribution in [2.24, 2.45) is 0 Å². The van der Waals surface area contributed by atoms with E-state index in [0.29, 0.717) is 0 Å². The second-order valence-electron chi connectivity index (χ2n) is 4.00. The van der Waals surface area contributed by atoms with Crippen LogP contribution in [0.15, 0.2) is 56.6 Å². The van der Waals surface area contributed by atoms with Gasteiger partial charge >= 0.3 is 5.69 Å². The highest BCUT2D eigenvalue weighted by molar-refractivity contribution is 9.10. The fourth-order valence-electron chi connectivity index (χ4n) is 1.74. The topological polar surface area (TPSA) is 60.7 Å². The highest BCUT2D eigenvalue weighted by atomic mass is 79.9. The minimum absolute atomic E-state index is 0.188. The highest BCUT2D eigenvalue weighted by Crippen LogP contribution is 2.24. The van der Waals surface area contributed by atoms with Gasteiger partial charge in [-0.25, -0.2) is 4.79 Å². The predicted molar refractivity (Wildman–Crippen MR) is 82.5 cm³/mol. The van der Waals surface area contributed by atoms with Crippen LogP contribution in [0, 0.1) is 0 Å². The largest absolute Gasteiger partial charge is 0.326 e. The molecule has 2 aromatic carbocycles. The zero-order chi connectivity index (χ0) is 13.2. The van der Waals surface area contributed by atoms with Crippen LogP contribution in [0.4, 0.5) is 5.69 Å². The number of nitrogens with one attached hydrogen (secondary N) is 3. The van der Waals surface area contributed by atoms with Crippen LogP contribution in [-0.4, -0.2) is 9.97 Å². The number of aromatic nitrogens is 2. The van der Waals surface area contributed by atoms with Crippen LogP contribution in [-0.2, 0) is 0 Å². The van der Waals surface area contributed by atoms with Gasteiger partial charge in [-0.2, -0.15) is 0 Å². The molecular weight excluding hydrogens is 326 g/mol. The van der Waals surface area contributed by atoms with E-state index in [2.05, 4.69) is 30.6 Å². The summed E-state index contributed by atoms with van der Waals surface area (Å²) < 4.78 is 4.30. The Bertz CT molecular complexity index is 781. The number of hydrogen-bond acceptors (Lipinski definition) is 3. The van der Waals surface area contributed by atoms with Gasteiger partial charge in [0.15, 0.2) is 0 Å². The summed E-state index contributed by atoms with van der Waals surface area (Å²) in [6.45, 7) is 0. The van der Waals surface area contributed by atoms with Crippen LogP contribution in [0.2, 0.25) is 0 Å². The lowest BCUT2D eigenvalue weighted by Crippen LogP contribution is -1.99. The van der Waals surface area contributed by atoms with Crippen LogP contribution in [0.3, 0.4) is 0 Å². The van der Waals surface area contributed by atoms with E-state index in [1.54, 1.807) is 0 Å². The smallest absolute Gasteiger partial charge is 0.323 e. The van der Waals surface area contributed by atoms with Gasteiger partial charge in [0.25, 0.3) is 0 Å². The lowest BCUT2D eigenvalue weighted by molar-refractivity contribution is 1.22. The van der Waals surface area contributed by atoms with E-state index in [4.69, 9.17) is 0 Å². The highest BCUT2D eigenvalue weighted by Gasteiger charge is 2.00. The average Bonchev–Trinajstić information content (AvgIpc) is 2.75. The van der Waals surface area contributed by atoms with Gasteiger partial charge in [0.05, 0.1) is 11.0 Å². The van der Waals surface area contributed by atoms with Crippen molar-refractivity contribution in [1.82, 2.24) is 9.97 Å². The lowest BCUT2D eigenvalue weighted by Gasteiger charge is -2.05. The molecule has 1 heterocycles. The molecule has 4 nitrogen and oxygen atoms in total. The summed E-state index contributed by atoms with van der Waals surface area (Å²) in [5.74, 6) is 0. The van der Waals surface area contributed by atoms with E-state index in [0.717, 1.165) is 26.1 Å². The standard InChI is InChI=1S/C13H10BrN3OS/c14-8-2-1-3-10(6-8)19-17-9-4-5-11-12(7-9)16-13(18)15-11/h1-7,17H,(H2,15,16,18). The Balaban J connectivity index is 1.79. The van der Waals surface area contributed by atoms with Crippen molar-refractivity contribution in [2.45, 2.75) is 4.90 Å². The zero-order valence-electron chi connectivity index (χ0n) is 9.74. The second kappa shape index (κ2) is 5.14. The maximum atomic E-state index is 11.2. The first-order valence-electron chi connectivity index (χ1n) is 5.61. The van der Waals surface area contributed by atoms with Crippen LogP contribution in [0.25, 0.3) is 11.0 Å². The molecule has 0 aliphatic heterocycles. The third-order valence-corrected chi connectivity index (χ3v) is 3.92. The van der Waals surface area contributed by atoms with Crippen molar-refractivity contribution in [1.29, 1.82) is 0 Å². The minimum Gasteiger partial charge on any atom is -0.326 e. The van der Waals surface area contributed by atoms with Crippen molar-refractivity contribution in [3.63, 3.8) is 0 Å². The summed E-state index contributed by atoms with van der Waals surface area (Å²) in [5, 5.41) is 0. The number of fused-ring (bicyclic) bond motifs is 1. The summed E-state index contributed by atoms with van der Waals surface area (Å²) in [6.07, 6.45) is 0. The molecule has 0 atom stereocenters. The van der Waals surface area contributed by atoms with E-state index in [1.807, 2.05) is 42.5 Å². The van der Waals surface area contributed by atoms with E-state index in [1.165, 1.54) is 11.9 Å². The molecule has 1 aromatic heterocycles. The van der Waals surface area contributed by atoms with E-state index >= 15 is 0 Å². The van der Waals surface area contributed by atoms with Gasteiger partial charge in [0.1, 0.15) is 0 Å². The normalized spacial score (nSPS) is 10.8. The summed E-state index contributed by atoms with van der Waals surface area (Å²) in [7, 11) is 0. The second-order valence-corrected chi connectivity index (χ2v) is 5.80. The van der Waals surface area contributed by atoms with E-state index in [-0.39, 0.29) is 5.69 Å². The monoisotopic (exact) mass is 335 g/mol. The Morgan fingerprint density at radius 2 is 1.89 bits per heavy atom. The van der Waals surface area contributed by atoms with Gasteiger partial charge in [0.2, 0.25) is 0 Å². The number of imidazole rings is 1. The molecule has 6 heteroatoms. The number of benzene rings is 2. The lowest BCUT2D eigenvalue weighted by atomic mass is 10.3. The number of aromatic amines is 2. The Morgan fingerprint density at radius 3 is 2.74 bits per heavy atom. The molecule has 0 saturated heterocycles. The molecule has 0 unspecified atom stereocenters. The zero-order valence-corrected chi connectivity index (χ0v) is 12.1. The van der Waals surface area contributed by atoms with Crippen LogP contribution >= 0.6 is 27.9 Å². The van der Waals surface area contributed by atoms with E-state index in [9.17, 15) is 4.79 Å². The summed E-state index contributed by atoms with van der Waals surface area (Å²) in [6, 6.07) is 13.7. The minimum atomic E-state index is -0.188. The summed E-state index contributed by atoms with van der Waals surface area (Å²) >= 11 is 4.96. The van der Waals surface area contributed by atoms with Gasteiger partial charge in [-0.1, -0.05) is 22.0 Å². The molecule has 0 aliphatic carbocycles. The molecule has 0 bridgehead atoms. The van der Waals surface area contributed by atoms with Crippen LogP contribution in [0.5, 0.6) is 0 Å². The van der Waals surface area contributed by atoms with Crippen molar-refractivity contribution in [3.8, 4) is 0 Å². The van der Waals surface area contributed by atoms with Gasteiger partial charge in [-0.15, -0.1) is 0 Å². The Kier molecular flexibility index (Phi) is 3.35. The maximum Gasteiger partial charge on any atom is 0.323 e. The average molecular weight is 336 g/mol. The fourth-order valence-corrected chi connectivity index (χ4v) is 2.99. The third kappa shape index (κ3) is 2.85. The van der Waals surface area contributed by atoms with Gasteiger partial charge in [0, 0.05) is 15.1 Å². The number of halogens is 1. The maximum absolute atomic E-state index is 11.2. The summed E-state index contributed by atoms with van der Waals surface area (Å²) in [4.78, 5) is 17.7. The van der Waals surface area contributed by atoms with Crippen molar-refractivity contribution in [2.75, 3.05) is 4.72 Å². The molecule has 0 aliphatic rings. The fraction of sp³-hybridized carbons (Fsp3) is 0. The first-order chi connectivity index (χ1) is 9.20. The third-order valence-electron chi connectivity index (χ3n) is 2.60. The number of H-pyrrole nitrogens is 2. The first-order valence-corrected chi connectivity index (χ1v) is 7.22. The molecule has 3 N–H and O–H groups in total. The molecular formula is C13H10BrN3OS. The van der Waals surface area contributed by atoms with Crippen molar-refractivity contribution < 1.29 is 0 Å². The molecule has 0 radical (unpaired) electrons. The SMILES string of the molecule is O=c1[nH]c2ccc(NSc3cccc(Br)c3)cc2[nH]1. The Morgan fingerprint density at radius 1 is 1.05 bits per heavy atom. The molecule has 3 rings (SSSR count). The molecule has 0 fully saturated rings. The van der Waals surface area contributed by atoms with Gasteiger partial charge in [-0.05, 0) is 48.3 Å². The number of rotatable bonds is 3. The van der Waals surface area contributed by atoms with Crippen molar-refractivity contribution >= 4 is 44.6 Å². The summed E-state index contributed by atoms with van der Waals surface area (Å²) in [5.41, 5.74) is 2.35. The quantitative estimate of drug-likeness (QED) is 0.639. The molecule has 3 aromatic rings. The van der Waals surface area contributed by atoms with Gasteiger partial charge in [-0.3, -0.25) is 0 Å². The molecule has 96 valence electrons.